The molecule has 0 spiro atoms. The largest absolute Gasteiger partial charge is 0.456 e. The van der Waals surface area contributed by atoms with Crippen molar-refractivity contribution in [2.75, 3.05) is 4.90 Å². The molecule has 11 rings (SSSR count). The van der Waals surface area contributed by atoms with Gasteiger partial charge in [-0.15, -0.1) is 0 Å². The summed E-state index contributed by atoms with van der Waals surface area (Å²) in [5.41, 5.74) is 9.12. The van der Waals surface area contributed by atoms with Gasteiger partial charge in [0, 0.05) is 56.4 Å². The third-order valence-corrected chi connectivity index (χ3v) is 10.3. The van der Waals surface area contributed by atoms with Crippen LogP contribution >= 0.6 is 0 Å². The number of hydrogen-bond acceptors (Lipinski definition) is 4. The zero-order valence-electron chi connectivity index (χ0n) is 27.4. The van der Waals surface area contributed by atoms with Crippen molar-refractivity contribution < 1.29 is 8.83 Å². The molecule has 0 atom stereocenters. The average Bonchev–Trinajstić information content (AvgIpc) is 3.73. The van der Waals surface area contributed by atoms with Crippen LogP contribution in [0, 0.1) is 0 Å². The molecule has 0 saturated carbocycles. The van der Waals surface area contributed by atoms with Crippen molar-refractivity contribution in [2.45, 2.75) is 0 Å². The lowest BCUT2D eigenvalue weighted by molar-refractivity contribution is 0.669. The lowest BCUT2D eigenvalue weighted by Crippen LogP contribution is -2.09. The van der Waals surface area contributed by atoms with E-state index in [1.54, 1.807) is 0 Å². The van der Waals surface area contributed by atoms with Gasteiger partial charge in [-0.2, -0.15) is 0 Å². The van der Waals surface area contributed by atoms with Crippen LogP contribution in [0.2, 0.25) is 0 Å². The molecule has 0 saturated heterocycles. The van der Waals surface area contributed by atoms with Gasteiger partial charge >= 0.3 is 0 Å². The molecule has 4 heteroatoms. The highest BCUT2D eigenvalue weighted by Crippen LogP contribution is 2.41. The van der Waals surface area contributed by atoms with Gasteiger partial charge in [0.05, 0.1) is 0 Å². The molecule has 0 aliphatic rings. The summed E-state index contributed by atoms with van der Waals surface area (Å²) in [4.78, 5) is 6.61. The summed E-state index contributed by atoms with van der Waals surface area (Å²) in [5, 5.41) is 11.4. The predicted octanol–water partition coefficient (Wildman–Crippen LogP) is 13.5. The van der Waals surface area contributed by atoms with Gasteiger partial charge in [-0.25, -0.2) is 0 Å². The van der Waals surface area contributed by atoms with Gasteiger partial charge in [-0.1, -0.05) is 72.8 Å². The number of aromatic nitrogens is 1. The molecule has 0 unspecified atom stereocenters. The molecule has 3 aromatic heterocycles. The summed E-state index contributed by atoms with van der Waals surface area (Å²) >= 11 is 0. The zero-order valence-corrected chi connectivity index (χ0v) is 27.4. The molecule has 0 amide bonds. The second-order valence-corrected chi connectivity index (χ2v) is 13.3. The minimum Gasteiger partial charge on any atom is -0.456 e. The summed E-state index contributed by atoms with van der Waals surface area (Å²) in [6, 6.07) is 56.2. The third-order valence-electron chi connectivity index (χ3n) is 10.3. The Hall–Kier alpha value is -6.91. The molecule has 4 nitrogen and oxygen atoms in total. The molecule has 238 valence electrons. The molecule has 0 radical (unpaired) electrons. The number of benzene rings is 8. The van der Waals surface area contributed by atoms with Crippen molar-refractivity contribution in [1.82, 2.24) is 4.98 Å². The standard InChI is InChI=1S/C47H28N2O2/c1-3-7-44-40(5-1)42-24-31-13-17-38(22-35(31)26-46(42)50-44)49(37-15-11-29(12-16-37)30-9-10-34-28-48-20-19-33(34)21-30)39-18-14-32-25-43-41-6-2-4-8-45(41)51-47(43)27-36(32)23-39/h1-28H. The molecule has 11 aromatic rings. The smallest absolute Gasteiger partial charge is 0.136 e. The van der Waals surface area contributed by atoms with Crippen LogP contribution in [-0.2, 0) is 0 Å². The minimum atomic E-state index is 0.892. The van der Waals surface area contributed by atoms with Crippen LogP contribution in [0.15, 0.2) is 179 Å². The van der Waals surface area contributed by atoms with E-state index in [1.807, 2.05) is 36.7 Å². The van der Waals surface area contributed by atoms with E-state index in [4.69, 9.17) is 8.83 Å². The van der Waals surface area contributed by atoms with E-state index in [9.17, 15) is 0 Å². The van der Waals surface area contributed by atoms with Gasteiger partial charge in [-0.3, -0.25) is 4.98 Å². The van der Waals surface area contributed by atoms with E-state index in [0.717, 1.165) is 82.7 Å². The molecule has 8 aromatic carbocycles. The average molecular weight is 653 g/mol. The first-order chi connectivity index (χ1) is 25.2. The first kappa shape index (κ1) is 28.0. The third kappa shape index (κ3) is 4.50. The van der Waals surface area contributed by atoms with Crippen molar-refractivity contribution in [3.8, 4) is 11.1 Å². The second kappa shape index (κ2) is 10.8. The number of nitrogens with zero attached hydrogens (tertiary/aromatic N) is 2. The number of para-hydroxylation sites is 2. The van der Waals surface area contributed by atoms with Crippen LogP contribution in [0.25, 0.3) is 87.3 Å². The Bertz CT molecular complexity index is 3000. The van der Waals surface area contributed by atoms with Crippen LogP contribution in [0.5, 0.6) is 0 Å². The van der Waals surface area contributed by atoms with Gasteiger partial charge < -0.3 is 13.7 Å². The topological polar surface area (TPSA) is 42.4 Å². The predicted molar refractivity (Wildman–Crippen MR) is 211 cm³/mol. The Balaban J connectivity index is 1.07. The van der Waals surface area contributed by atoms with E-state index in [-0.39, 0.29) is 0 Å². The highest BCUT2D eigenvalue weighted by Gasteiger charge is 2.17. The molecule has 0 aliphatic heterocycles. The molecule has 0 fully saturated rings. The highest BCUT2D eigenvalue weighted by molar-refractivity contribution is 6.12. The Kier molecular flexibility index (Phi) is 5.92. The summed E-state index contributed by atoms with van der Waals surface area (Å²) in [7, 11) is 0. The summed E-state index contributed by atoms with van der Waals surface area (Å²) in [6.45, 7) is 0. The van der Waals surface area contributed by atoms with Gasteiger partial charge in [0.2, 0.25) is 0 Å². The number of hydrogen-bond donors (Lipinski definition) is 0. The van der Waals surface area contributed by atoms with Crippen molar-refractivity contribution in [1.29, 1.82) is 0 Å². The summed E-state index contributed by atoms with van der Waals surface area (Å²) in [5.74, 6) is 0. The van der Waals surface area contributed by atoms with E-state index in [2.05, 4.69) is 143 Å². The van der Waals surface area contributed by atoms with Gasteiger partial charge in [0.15, 0.2) is 0 Å². The fourth-order valence-electron chi connectivity index (χ4n) is 7.70. The van der Waals surface area contributed by atoms with Crippen molar-refractivity contribution in [2.24, 2.45) is 0 Å². The van der Waals surface area contributed by atoms with Crippen molar-refractivity contribution in [3.05, 3.63) is 170 Å². The number of pyridine rings is 1. The molecular weight excluding hydrogens is 625 g/mol. The Morgan fingerprint density at radius 2 is 0.882 bits per heavy atom. The van der Waals surface area contributed by atoms with Crippen LogP contribution < -0.4 is 4.90 Å². The number of anilines is 3. The first-order valence-corrected chi connectivity index (χ1v) is 17.2. The fourth-order valence-corrected chi connectivity index (χ4v) is 7.70. The normalized spacial score (nSPS) is 11.9. The molecule has 0 aliphatic carbocycles. The molecule has 0 bridgehead atoms. The van der Waals surface area contributed by atoms with Gasteiger partial charge in [0.25, 0.3) is 0 Å². The van der Waals surface area contributed by atoms with Gasteiger partial charge in [-0.05, 0) is 123 Å². The number of fused-ring (bicyclic) bond motifs is 9. The van der Waals surface area contributed by atoms with Crippen molar-refractivity contribution >= 4 is 93.3 Å². The van der Waals surface area contributed by atoms with Crippen LogP contribution in [-0.4, -0.2) is 4.98 Å². The fraction of sp³-hybridized carbons (Fsp3) is 0. The van der Waals surface area contributed by atoms with Gasteiger partial charge in [0.1, 0.15) is 22.3 Å². The quantitative estimate of drug-likeness (QED) is 0.190. The lowest BCUT2D eigenvalue weighted by atomic mass is 10.0. The summed E-state index contributed by atoms with van der Waals surface area (Å²) < 4.78 is 12.6. The minimum absolute atomic E-state index is 0.892. The second-order valence-electron chi connectivity index (χ2n) is 13.3. The van der Waals surface area contributed by atoms with E-state index < -0.39 is 0 Å². The number of furan rings is 2. The zero-order chi connectivity index (χ0) is 33.5. The highest BCUT2D eigenvalue weighted by atomic mass is 16.3. The van der Waals surface area contributed by atoms with E-state index in [0.29, 0.717) is 0 Å². The van der Waals surface area contributed by atoms with Crippen LogP contribution in [0.4, 0.5) is 17.1 Å². The first-order valence-electron chi connectivity index (χ1n) is 17.2. The Labute approximate surface area is 292 Å². The Morgan fingerprint density at radius 1 is 0.353 bits per heavy atom. The summed E-state index contributed by atoms with van der Waals surface area (Å²) in [6.07, 6.45) is 3.75. The van der Waals surface area contributed by atoms with Crippen LogP contribution in [0.3, 0.4) is 0 Å². The molecule has 0 N–H and O–H groups in total. The molecule has 3 heterocycles. The lowest BCUT2D eigenvalue weighted by Gasteiger charge is -2.26. The molecule has 51 heavy (non-hydrogen) atoms. The van der Waals surface area contributed by atoms with Crippen molar-refractivity contribution in [3.63, 3.8) is 0 Å². The van der Waals surface area contributed by atoms with E-state index >= 15 is 0 Å². The maximum Gasteiger partial charge on any atom is 0.136 e. The van der Waals surface area contributed by atoms with E-state index in [1.165, 1.54) is 21.7 Å². The Morgan fingerprint density at radius 3 is 1.51 bits per heavy atom. The number of rotatable bonds is 4. The monoisotopic (exact) mass is 652 g/mol. The maximum absolute atomic E-state index is 6.29. The van der Waals surface area contributed by atoms with Crippen LogP contribution in [0.1, 0.15) is 0 Å². The maximum atomic E-state index is 6.29. The molecular formula is C47H28N2O2. The SMILES string of the molecule is c1ccc2c(c1)oc1cc3cc(N(c4ccc(-c5ccc6cnccc6c5)cc4)c4ccc5cc6c(cc5c4)oc4ccccc46)ccc3cc12.